The number of hydrogen-bond acceptors (Lipinski definition) is 4. The number of nitrogens with one attached hydrogen (secondary N) is 1. The van der Waals surface area contributed by atoms with Gasteiger partial charge in [0.05, 0.1) is 7.11 Å². The van der Waals surface area contributed by atoms with E-state index in [1.54, 1.807) is 0 Å². The molecule has 4 heteroatoms. The zero-order valence-corrected chi connectivity index (χ0v) is 13.2. The SMILES string of the molecule is CNC(CSC1CCCC(C)C1)(C(=O)OC)C1CC1. The first-order chi connectivity index (χ1) is 9.12. The Bertz CT molecular complexity index is 319. The van der Waals surface area contributed by atoms with E-state index in [1.807, 2.05) is 18.8 Å². The molecule has 0 aromatic rings. The van der Waals surface area contributed by atoms with Gasteiger partial charge in [-0.05, 0) is 44.6 Å². The van der Waals surface area contributed by atoms with Crippen molar-refractivity contribution in [2.45, 2.75) is 56.2 Å². The van der Waals surface area contributed by atoms with Gasteiger partial charge in [0.25, 0.3) is 0 Å². The molecule has 0 amide bonds. The third kappa shape index (κ3) is 3.46. The summed E-state index contributed by atoms with van der Waals surface area (Å²) >= 11 is 1.98. The van der Waals surface area contributed by atoms with Gasteiger partial charge in [0.2, 0.25) is 0 Å². The minimum atomic E-state index is -0.444. The first-order valence-corrected chi connectivity index (χ1v) is 8.56. The Morgan fingerprint density at radius 2 is 2.11 bits per heavy atom. The van der Waals surface area contributed by atoms with E-state index in [9.17, 15) is 4.79 Å². The van der Waals surface area contributed by atoms with E-state index >= 15 is 0 Å². The average molecular weight is 285 g/mol. The summed E-state index contributed by atoms with van der Waals surface area (Å²) in [7, 11) is 3.41. The second-order valence-electron chi connectivity index (χ2n) is 6.19. The Kier molecular flexibility index (Phi) is 5.18. The fourth-order valence-electron chi connectivity index (χ4n) is 3.26. The average Bonchev–Trinajstić information content (AvgIpc) is 3.24. The van der Waals surface area contributed by atoms with Crippen molar-refractivity contribution < 1.29 is 9.53 Å². The minimum absolute atomic E-state index is 0.0751. The number of thioether (sulfide) groups is 1. The Labute approximate surface area is 121 Å². The maximum atomic E-state index is 12.2. The summed E-state index contributed by atoms with van der Waals surface area (Å²) in [5.41, 5.74) is -0.444. The summed E-state index contributed by atoms with van der Waals surface area (Å²) in [6, 6.07) is 0. The number of carbonyl (C=O) groups is 1. The van der Waals surface area contributed by atoms with Crippen molar-refractivity contribution in [2.24, 2.45) is 11.8 Å². The second-order valence-corrected chi connectivity index (χ2v) is 7.48. The molecular formula is C15H27NO2S. The minimum Gasteiger partial charge on any atom is -0.468 e. The van der Waals surface area contributed by atoms with Gasteiger partial charge >= 0.3 is 5.97 Å². The third-order valence-electron chi connectivity index (χ3n) is 4.71. The summed E-state index contributed by atoms with van der Waals surface area (Å²) in [4.78, 5) is 12.2. The van der Waals surface area contributed by atoms with Gasteiger partial charge in [-0.2, -0.15) is 11.8 Å². The normalized spacial score (nSPS) is 30.7. The smallest absolute Gasteiger partial charge is 0.327 e. The van der Waals surface area contributed by atoms with Crippen molar-refractivity contribution in [2.75, 3.05) is 19.9 Å². The molecule has 0 bridgehead atoms. The molecule has 0 saturated heterocycles. The lowest BCUT2D eigenvalue weighted by atomic mass is 9.90. The largest absolute Gasteiger partial charge is 0.468 e. The van der Waals surface area contributed by atoms with Crippen molar-refractivity contribution in [1.82, 2.24) is 5.32 Å². The van der Waals surface area contributed by atoms with Crippen molar-refractivity contribution in [3.05, 3.63) is 0 Å². The van der Waals surface area contributed by atoms with Crippen LogP contribution < -0.4 is 5.32 Å². The van der Waals surface area contributed by atoms with Crippen molar-refractivity contribution in [1.29, 1.82) is 0 Å². The van der Waals surface area contributed by atoms with Crippen LogP contribution >= 0.6 is 11.8 Å². The predicted molar refractivity (Wildman–Crippen MR) is 80.4 cm³/mol. The topological polar surface area (TPSA) is 38.3 Å². The van der Waals surface area contributed by atoms with Gasteiger partial charge < -0.3 is 10.1 Å². The quantitative estimate of drug-likeness (QED) is 0.762. The van der Waals surface area contributed by atoms with Crippen LogP contribution in [0.2, 0.25) is 0 Å². The van der Waals surface area contributed by atoms with Gasteiger partial charge in [0.15, 0.2) is 0 Å². The molecule has 3 unspecified atom stereocenters. The molecule has 110 valence electrons. The molecule has 19 heavy (non-hydrogen) atoms. The third-order valence-corrected chi connectivity index (χ3v) is 6.23. The Hall–Kier alpha value is -0.220. The van der Waals surface area contributed by atoms with E-state index in [4.69, 9.17) is 4.74 Å². The van der Waals surface area contributed by atoms with Crippen molar-refractivity contribution in [3.63, 3.8) is 0 Å². The Balaban J connectivity index is 1.94. The van der Waals surface area contributed by atoms with Crippen LogP contribution in [0.4, 0.5) is 0 Å². The van der Waals surface area contributed by atoms with Gasteiger partial charge in [-0.3, -0.25) is 4.79 Å². The van der Waals surface area contributed by atoms with Gasteiger partial charge in [-0.25, -0.2) is 0 Å². The molecule has 0 aromatic heterocycles. The molecule has 3 atom stereocenters. The maximum absolute atomic E-state index is 12.2. The molecule has 2 aliphatic carbocycles. The van der Waals surface area contributed by atoms with Crippen LogP contribution in [0.3, 0.4) is 0 Å². The highest BCUT2D eigenvalue weighted by Gasteiger charge is 2.51. The molecule has 1 N–H and O–H groups in total. The highest BCUT2D eigenvalue weighted by molar-refractivity contribution is 8.00. The van der Waals surface area contributed by atoms with Gasteiger partial charge in [-0.1, -0.05) is 19.8 Å². The number of likely N-dealkylation sites (N-methyl/N-ethyl adjacent to an activating group) is 1. The van der Waals surface area contributed by atoms with E-state index in [1.165, 1.54) is 32.8 Å². The molecule has 2 fully saturated rings. The zero-order chi connectivity index (χ0) is 13.9. The second kappa shape index (κ2) is 6.49. The number of methoxy groups -OCH3 is 1. The highest BCUT2D eigenvalue weighted by atomic mass is 32.2. The van der Waals surface area contributed by atoms with E-state index in [2.05, 4.69) is 12.2 Å². The van der Waals surface area contributed by atoms with Crippen LogP contribution in [-0.2, 0) is 9.53 Å². The number of carbonyl (C=O) groups excluding carboxylic acids is 1. The summed E-state index contributed by atoms with van der Waals surface area (Å²) < 4.78 is 5.05. The molecular weight excluding hydrogens is 258 g/mol. The fourth-order valence-corrected chi connectivity index (χ4v) is 5.05. The van der Waals surface area contributed by atoms with Crippen LogP contribution in [0.5, 0.6) is 0 Å². The zero-order valence-electron chi connectivity index (χ0n) is 12.4. The fraction of sp³-hybridized carbons (Fsp3) is 0.933. The summed E-state index contributed by atoms with van der Waals surface area (Å²) in [6.45, 7) is 2.35. The van der Waals surface area contributed by atoms with Crippen LogP contribution in [0, 0.1) is 11.8 Å². The standard InChI is InChI=1S/C15H27NO2S/c1-11-5-4-6-13(9-11)19-10-15(16-2,12-7-8-12)14(17)18-3/h11-13,16H,4-10H2,1-3H3. The van der Waals surface area contributed by atoms with E-state index in [-0.39, 0.29) is 5.97 Å². The molecule has 0 heterocycles. The molecule has 0 aromatic carbocycles. The van der Waals surface area contributed by atoms with Crippen LogP contribution in [0.25, 0.3) is 0 Å². The lowest BCUT2D eigenvalue weighted by Crippen LogP contribution is -2.55. The number of esters is 1. The first-order valence-electron chi connectivity index (χ1n) is 7.51. The van der Waals surface area contributed by atoms with E-state index in [0.29, 0.717) is 5.92 Å². The summed E-state index contributed by atoms with van der Waals surface area (Å²) in [5.74, 6) is 2.10. The Morgan fingerprint density at radius 3 is 2.63 bits per heavy atom. The number of hydrogen-bond donors (Lipinski definition) is 1. The molecule has 2 rings (SSSR count). The Morgan fingerprint density at radius 1 is 1.37 bits per heavy atom. The molecule has 0 aliphatic heterocycles. The van der Waals surface area contributed by atoms with Crippen molar-refractivity contribution in [3.8, 4) is 0 Å². The van der Waals surface area contributed by atoms with Crippen molar-refractivity contribution >= 4 is 17.7 Å². The van der Waals surface area contributed by atoms with Crippen LogP contribution in [0.15, 0.2) is 0 Å². The van der Waals surface area contributed by atoms with Crippen LogP contribution in [0.1, 0.15) is 45.4 Å². The first kappa shape index (κ1) is 15.2. The van der Waals surface area contributed by atoms with Crippen LogP contribution in [-0.4, -0.2) is 36.7 Å². The summed E-state index contributed by atoms with van der Waals surface area (Å²) in [5, 5.41) is 4.01. The number of rotatable bonds is 6. The molecule has 0 spiro atoms. The van der Waals surface area contributed by atoms with Gasteiger partial charge in [-0.15, -0.1) is 0 Å². The lowest BCUT2D eigenvalue weighted by molar-refractivity contribution is -0.148. The maximum Gasteiger partial charge on any atom is 0.327 e. The molecule has 0 radical (unpaired) electrons. The summed E-state index contributed by atoms with van der Waals surface area (Å²) in [6.07, 6.45) is 7.62. The predicted octanol–water partition coefficient (Wildman–Crippen LogP) is 2.84. The van der Waals surface area contributed by atoms with E-state index < -0.39 is 5.54 Å². The molecule has 2 saturated carbocycles. The van der Waals surface area contributed by atoms with Gasteiger partial charge in [0.1, 0.15) is 5.54 Å². The number of ether oxygens (including phenoxy) is 1. The lowest BCUT2D eigenvalue weighted by Gasteiger charge is -2.33. The molecule has 2 aliphatic rings. The van der Waals surface area contributed by atoms with E-state index in [0.717, 1.165) is 29.8 Å². The van der Waals surface area contributed by atoms with Gasteiger partial charge in [0, 0.05) is 11.0 Å². The monoisotopic (exact) mass is 285 g/mol. The highest BCUT2D eigenvalue weighted by Crippen LogP contribution is 2.43. The molecule has 3 nitrogen and oxygen atoms in total.